The number of aromatic nitrogens is 1. The van der Waals surface area contributed by atoms with Gasteiger partial charge in [-0.05, 0) is 36.4 Å². The summed E-state index contributed by atoms with van der Waals surface area (Å²) >= 11 is 0. The summed E-state index contributed by atoms with van der Waals surface area (Å²) in [6.45, 7) is 0. The van der Waals surface area contributed by atoms with Crippen LogP contribution in [-0.4, -0.2) is 4.57 Å². The van der Waals surface area contributed by atoms with Gasteiger partial charge in [0.15, 0.2) is 0 Å². The van der Waals surface area contributed by atoms with E-state index in [0.29, 0.717) is 11.5 Å². The summed E-state index contributed by atoms with van der Waals surface area (Å²) in [6.07, 6.45) is 0. The Morgan fingerprint density at radius 1 is 0.394 bits per heavy atom. The predicted octanol–water partition coefficient (Wildman–Crippen LogP) is 8.37. The molecule has 6 rings (SSSR count). The molecule has 33 heavy (non-hydrogen) atoms. The molecule has 3 heteroatoms. The van der Waals surface area contributed by atoms with Gasteiger partial charge in [-0.2, -0.15) is 0 Å². The normalized spacial score (nSPS) is 11.0. The molecule has 158 valence electrons. The van der Waals surface area contributed by atoms with Crippen molar-refractivity contribution in [3.05, 3.63) is 127 Å². The standard InChI is InChI=1S/C30H21NO2/c1-3-11-23(12-4-1)32-25-19-22(20-26(21-25)33-24-13-5-2-6-14-24)31-29-17-9-7-15-27(29)28-16-8-10-18-30(28)31/h1-21H. The Labute approximate surface area is 192 Å². The molecule has 0 aliphatic carbocycles. The van der Waals surface area contributed by atoms with Crippen molar-refractivity contribution in [2.75, 3.05) is 0 Å². The van der Waals surface area contributed by atoms with Crippen LogP contribution in [0.25, 0.3) is 27.5 Å². The van der Waals surface area contributed by atoms with Crippen molar-refractivity contribution in [1.82, 2.24) is 4.57 Å². The quantitative estimate of drug-likeness (QED) is 0.276. The van der Waals surface area contributed by atoms with Crippen molar-refractivity contribution in [3.8, 4) is 28.7 Å². The maximum atomic E-state index is 6.23. The Morgan fingerprint density at radius 2 is 0.818 bits per heavy atom. The number of rotatable bonds is 5. The topological polar surface area (TPSA) is 23.4 Å². The van der Waals surface area contributed by atoms with Gasteiger partial charge in [0, 0.05) is 29.0 Å². The SMILES string of the molecule is c1ccc(Oc2cc(Oc3ccccc3)cc(-n3c4ccccc4c4ccccc43)c2)cc1. The third-order valence-electron chi connectivity index (χ3n) is 5.66. The summed E-state index contributed by atoms with van der Waals surface area (Å²) < 4.78 is 14.7. The van der Waals surface area contributed by atoms with E-state index in [1.807, 2.05) is 66.7 Å². The van der Waals surface area contributed by atoms with Crippen LogP contribution in [0.2, 0.25) is 0 Å². The Hall–Kier alpha value is -4.50. The summed E-state index contributed by atoms with van der Waals surface area (Å²) in [7, 11) is 0. The van der Waals surface area contributed by atoms with E-state index in [9.17, 15) is 0 Å². The molecular weight excluding hydrogens is 406 g/mol. The van der Waals surface area contributed by atoms with Gasteiger partial charge < -0.3 is 14.0 Å². The van der Waals surface area contributed by atoms with Gasteiger partial charge in [-0.15, -0.1) is 0 Å². The van der Waals surface area contributed by atoms with Crippen LogP contribution in [0.1, 0.15) is 0 Å². The van der Waals surface area contributed by atoms with Crippen molar-refractivity contribution >= 4 is 21.8 Å². The van der Waals surface area contributed by atoms with Gasteiger partial charge in [0.05, 0.1) is 16.7 Å². The van der Waals surface area contributed by atoms with E-state index in [0.717, 1.165) is 28.2 Å². The fraction of sp³-hybridized carbons (Fsp3) is 0. The summed E-state index contributed by atoms with van der Waals surface area (Å²) in [5.74, 6) is 2.99. The molecule has 0 bridgehead atoms. The van der Waals surface area contributed by atoms with Gasteiger partial charge in [0.2, 0.25) is 0 Å². The molecular formula is C30H21NO2. The maximum Gasteiger partial charge on any atom is 0.133 e. The van der Waals surface area contributed by atoms with Gasteiger partial charge in [-0.25, -0.2) is 0 Å². The second kappa shape index (κ2) is 8.21. The van der Waals surface area contributed by atoms with Gasteiger partial charge in [-0.3, -0.25) is 0 Å². The molecule has 0 atom stereocenters. The molecule has 0 radical (unpaired) electrons. The van der Waals surface area contributed by atoms with E-state index in [4.69, 9.17) is 9.47 Å². The fourth-order valence-electron chi connectivity index (χ4n) is 4.25. The van der Waals surface area contributed by atoms with Crippen LogP contribution < -0.4 is 9.47 Å². The maximum absolute atomic E-state index is 6.23. The molecule has 0 saturated heterocycles. The molecule has 0 aliphatic heterocycles. The Morgan fingerprint density at radius 3 is 1.30 bits per heavy atom. The number of hydrogen-bond donors (Lipinski definition) is 0. The second-order valence-electron chi connectivity index (χ2n) is 7.86. The van der Waals surface area contributed by atoms with Gasteiger partial charge in [-0.1, -0.05) is 72.8 Å². The monoisotopic (exact) mass is 427 g/mol. The van der Waals surface area contributed by atoms with Crippen LogP contribution in [0.5, 0.6) is 23.0 Å². The number of hydrogen-bond acceptors (Lipinski definition) is 2. The molecule has 1 aromatic heterocycles. The average molecular weight is 428 g/mol. The summed E-state index contributed by atoms with van der Waals surface area (Å²) in [4.78, 5) is 0. The van der Waals surface area contributed by atoms with E-state index in [-0.39, 0.29) is 0 Å². The van der Waals surface area contributed by atoms with Crippen LogP contribution in [0.4, 0.5) is 0 Å². The highest BCUT2D eigenvalue weighted by atomic mass is 16.5. The Kier molecular flexibility index (Phi) is 4.78. The minimum absolute atomic E-state index is 0.714. The first kappa shape index (κ1) is 19.2. The molecule has 0 N–H and O–H groups in total. The van der Waals surface area contributed by atoms with Crippen molar-refractivity contribution < 1.29 is 9.47 Å². The van der Waals surface area contributed by atoms with Crippen LogP contribution in [0.15, 0.2) is 127 Å². The molecule has 0 saturated carbocycles. The summed E-state index contributed by atoms with van der Waals surface area (Å²) in [6, 6.07) is 42.6. The predicted molar refractivity (Wildman–Crippen MR) is 134 cm³/mol. The van der Waals surface area contributed by atoms with E-state index in [2.05, 4.69) is 65.2 Å². The van der Waals surface area contributed by atoms with E-state index in [1.165, 1.54) is 10.8 Å². The Bertz CT molecular complexity index is 1440. The zero-order chi connectivity index (χ0) is 22.0. The molecule has 1 heterocycles. The zero-order valence-electron chi connectivity index (χ0n) is 17.9. The molecule has 6 aromatic rings. The minimum Gasteiger partial charge on any atom is -0.457 e. The average Bonchev–Trinajstić information content (AvgIpc) is 3.20. The van der Waals surface area contributed by atoms with Crippen molar-refractivity contribution in [2.24, 2.45) is 0 Å². The lowest BCUT2D eigenvalue weighted by Gasteiger charge is -2.14. The summed E-state index contributed by atoms with van der Waals surface area (Å²) in [5, 5.41) is 2.43. The lowest BCUT2D eigenvalue weighted by atomic mass is 10.2. The van der Waals surface area contributed by atoms with Gasteiger partial charge in [0.25, 0.3) is 0 Å². The van der Waals surface area contributed by atoms with Crippen LogP contribution >= 0.6 is 0 Å². The number of benzene rings is 5. The molecule has 0 aliphatic rings. The number of ether oxygens (including phenoxy) is 2. The summed E-state index contributed by atoms with van der Waals surface area (Å²) in [5.41, 5.74) is 3.26. The van der Waals surface area contributed by atoms with E-state index >= 15 is 0 Å². The van der Waals surface area contributed by atoms with Crippen LogP contribution in [-0.2, 0) is 0 Å². The third kappa shape index (κ3) is 3.70. The van der Waals surface area contributed by atoms with Crippen molar-refractivity contribution in [3.63, 3.8) is 0 Å². The number of nitrogens with zero attached hydrogens (tertiary/aromatic N) is 1. The lowest BCUT2D eigenvalue weighted by Crippen LogP contribution is -1.96. The smallest absolute Gasteiger partial charge is 0.133 e. The first-order valence-corrected chi connectivity index (χ1v) is 10.9. The highest BCUT2D eigenvalue weighted by Gasteiger charge is 2.14. The van der Waals surface area contributed by atoms with E-state index < -0.39 is 0 Å². The van der Waals surface area contributed by atoms with Gasteiger partial charge >= 0.3 is 0 Å². The fourth-order valence-corrected chi connectivity index (χ4v) is 4.25. The second-order valence-corrected chi connectivity index (χ2v) is 7.86. The van der Waals surface area contributed by atoms with Gasteiger partial charge in [0.1, 0.15) is 23.0 Å². The van der Waals surface area contributed by atoms with Crippen molar-refractivity contribution in [2.45, 2.75) is 0 Å². The van der Waals surface area contributed by atoms with Crippen LogP contribution in [0, 0.1) is 0 Å². The first-order valence-electron chi connectivity index (χ1n) is 10.9. The molecule has 5 aromatic carbocycles. The molecule has 0 amide bonds. The number of fused-ring (bicyclic) bond motifs is 3. The third-order valence-corrected chi connectivity index (χ3v) is 5.66. The molecule has 3 nitrogen and oxygen atoms in total. The van der Waals surface area contributed by atoms with Crippen LogP contribution in [0.3, 0.4) is 0 Å². The van der Waals surface area contributed by atoms with Crippen molar-refractivity contribution in [1.29, 1.82) is 0 Å². The zero-order valence-corrected chi connectivity index (χ0v) is 17.9. The first-order chi connectivity index (χ1) is 16.3. The Balaban J connectivity index is 1.55. The molecule has 0 spiro atoms. The lowest BCUT2D eigenvalue weighted by molar-refractivity contribution is 0.460. The molecule has 0 unspecified atom stereocenters. The molecule has 0 fully saturated rings. The minimum atomic E-state index is 0.714. The highest BCUT2D eigenvalue weighted by Crippen LogP contribution is 2.36. The largest absolute Gasteiger partial charge is 0.457 e. The number of para-hydroxylation sites is 4. The van der Waals surface area contributed by atoms with E-state index in [1.54, 1.807) is 0 Å². The highest BCUT2D eigenvalue weighted by molar-refractivity contribution is 6.09.